The Morgan fingerprint density at radius 1 is 1.04 bits per heavy atom. The molecule has 2 N–H and O–H groups in total. The van der Waals surface area contributed by atoms with E-state index in [1.807, 2.05) is 31.2 Å². The summed E-state index contributed by atoms with van der Waals surface area (Å²) in [4.78, 5) is 35.1. The zero-order valence-corrected chi connectivity index (χ0v) is 14.7. The van der Waals surface area contributed by atoms with Gasteiger partial charge in [0.05, 0.1) is 0 Å². The van der Waals surface area contributed by atoms with Gasteiger partial charge in [0.25, 0.3) is 11.8 Å². The van der Waals surface area contributed by atoms with E-state index in [4.69, 9.17) is 16.3 Å². The van der Waals surface area contributed by atoms with E-state index >= 15 is 0 Å². The molecule has 2 amide bonds. The highest BCUT2D eigenvalue weighted by Gasteiger charge is 2.08. The Morgan fingerprint density at radius 3 is 2.42 bits per heavy atom. The average Bonchev–Trinajstić information content (AvgIpc) is 2.64. The number of halogens is 1. The SMILES string of the molecule is Cc1ccccc1/C=C/C(=O)OCC(=O)NNC(=O)c1ccc(Cl)cc1. The molecule has 0 fully saturated rings. The van der Waals surface area contributed by atoms with Crippen LogP contribution in [0, 0.1) is 6.92 Å². The van der Waals surface area contributed by atoms with Gasteiger partial charge in [0.15, 0.2) is 6.61 Å². The number of hydrogen-bond donors (Lipinski definition) is 2. The first kappa shape index (κ1) is 19.2. The smallest absolute Gasteiger partial charge is 0.331 e. The second-order valence-corrected chi connectivity index (χ2v) is 5.74. The van der Waals surface area contributed by atoms with Crippen molar-refractivity contribution >= 4 is 35.5 Å². The molecule has 2 rings (SSSR count). The third-order valence-corrected chi connectivity index (χ3v) is 3.61. The number of nitrogens with one attached hydrogen (secondary N) is 2. The summed E-state index contributed by atoms with van der Waals surface area (Å²) in [6.45, 7) is 1.40. The maximum Gasteiger partial charge on any atom is 0.331 e. The van der Waals surface area contributed by atoms with Crippen molar-refractivity contribution in [3.8, 4) is 0 Å². The Labute approximate surface area is 155 Å². The number of rotatable bonds is 5. The third-order valence-electron chi connectivity index (χ3n) is 3.35. The summed E-state index contributed by atoms with van der Waals surface area (Å²) in [5, 5.41) is 0.497. The highest BCUT2D eigenvalue weighted by molar-refractivity contribution is 6.30. The average molecular weight is 373 g/mol. The normalized spacial score (nSPS) is 10.4. The molecule has 134 valence electrons. The van der Waals surface area contributed by atoms with Crippen molar-refractivity contribution in [1.82, 2.24) is 10.9 Å². The molecule has 2 aromatic carbocycles. The van der Waals surface area contributed by atoms with E-state index < -0.39 is 24.4 Å². The molecule has 0 atom stereocenters. The van der Waals surface area contributed by atoms with Crippen molar-refractivity contribution in [2.75, 3.05) is 6.61 Å². The van der Waals surface area contributed by atoms with Crippen molar-refractivity contribution in [3.05, 3.63) is 76.3 Å². The standard InChI is InChI=1S/C19H17ClN2O4/c1-13-4-2-3-5-14(13)8-11-18(24)26-12-17(23)21-22-19(25)15-6-9-16(20)10-7-15/h2-11H,12H2,1H3,(H,21,23)(H,22,25)/b11-8+. The minimum atomic E-state index is -0.662. The van der Waals surface area contributed by atoms with Crippen LogP contribution in [-0.2, 0) is 14.3 Å². The number of aryl methyl sites for hydroxylation is 1. The van der Waals surface area contributed by atoms with Gasteiger partial charge in [0.1, 0.15) is 0 Å². The summed E-state index contributed by atoms with van der Waals surface area (Å²) in [5.41, 5.74) is 6.60. The van der Waals surface area contributed by atoms with Crippen molar-refractivity contribution in [1.29, 1.82) is 0 Å². The fourth-order valence-electron chi connectivity index (χ4n) is 1.95. The fraction of sp³-hybridized carbons (Fsp3) is 0.105. The highest BCUT2D eigenvalue weighted by Crippen LogP contribution is 2.09. The molecule has 26 heavy (non-hydrogen) atoms. The molecule has 0 bridgehead atoms. The van der Waals surface area contributed by atoms with Crippen LogP contribution < -0.4 is 10.9 Å². The number of hydrogen-bond acceptors (Lipinski definition) is 4. The first-order chi connectivity index (χ1) is 12.5. The molecule has 0 heterocycles. The molecule has 0 aliphatic rings. The first-order valence-electron chi connectivity index (χ1n) is 7.71. The van der Waals surface area contributed by atoms with Crippen LogP contribution in [0.5, 0.6) is 0 Å². The number of benzene rings is 2. The predicted octanol–water partition coefficient (Wildman–Crippen LogP) is 2.67. The Morgan fingerprint density at radius 2 is 1.73 bits per heavy atom. The summed E-state index contributed by atoms with van der Waals surface area (Å²) in [6, 6.07) is 13.7. The number of hydrazine groups is 1. The summed E-state index contributed by atoms with van der Waals surface area (Å²) in [6.07, 6.45) is 2.85. The van der Waals surface area contributed by atoms with E-state index in [2.05, 4.69) is 10.9 Å². The fourth-order valence-corrected chi connectivity index (χ4v) is 2.08. The Bertz CT molecular complexity index is 832. The van der Waals surface area contributed by atoms with Gasteiger partial charge >= 0.3 is 5.97 Å². The predicted molar refractivity (Wildman–Crippen MR) is 98.2 cm³/mol. The summed E-state index contributed by atoms with van der Waals surface area (Å²) >= 11 is 5.73. The molecule has 0 saturated heterocycles. The molecule has 2 aromatic rings. The van der Waals surface area contributed by atoms with Crippen LogP contribution in [0.25, 0.3) is 6.08 Å². The minimum absolute atomic E-state index is 0.327. The lowest BCUT2D eigenvalue weighted by Crippen LogP contribution is -2.43. The van der Waals surface area contributed by atoms with Crippen LogP contribution in [-0.4, -0.2) is 24.4 Å². The molecule has 0 unspecified atom stereocenters. The van der Waals surface area contributed by atoms with Crippen molar-refractivity contribution in [2.24, 2.45) is 0 Å². The van der Waals surface area contributed by atoms with Gasteiger partial charge in [0, 0.05) is 16.7 Å². The Hall–Kier alpha value is -3.12. The van der Waals surface area contributed by atoms with Gasteiger partial charge in [-0.3, -0.25) is 20.4 Å². The largest absolute Gasteiger partial charge is 0.452 e. The second kappa shape index (κ2) is 9.39. The lowest BCUT2D eigenvalue weighted by molar-refractivity contribution is -0.144. The van der Waals surface area contributed by atoms with Crippen LogP contribution in [0.4, 0.5) is 0 Å². The molecule has 7 heteroatoms. The number of ether oxygens (including phenoxy) is 1. The Balaban J connectivity index is 1.74. The molecular formula is C19H17ClN2O4. The number of carbonyl (C=O) groups excluding carboxylic acids is 3. The summed E-state index contributed by atoms with van der Waals surface area (Å²) in [7, 11) is 0. The van der Waals surface area contributed by atoms with Crippen LogP contribution in [0.1, 0.15) is 21.5 Å². The minimum Gasteiger partial charge on any atom is -0.452 e. The van der Waals surface area contributed by atoms with Gasteiger partial charge in [-0.2, -0.15) is 0 Å². The summed E-state index contributed by atoms with van der Waals surface area (Å²) < 4.78 is 4.81. The van der Waals surface area contributed by atoms with E-state index in [-0.39, 0.29) is 0 Å². The van der Waals surface area contributed by atoms with Crippen molar-refractivity contribution in [3.63, 3.8) is 0 Å². The maximum atomic E-state index is 11.8. The monoisotopic (exact) mass is 372 g/mol. The van der Waals surface area contributed by atoms with E-state index in [1.54, 1.807) is 18.2 Å². The first-order valence-corrected chi connectivity index (χ1v) is 8.09. The van der Waals surface area contributed by atoms with Gasteiger partial charge in [-0.15, -0.1) is 0 Å². The zero-order valence-electron chi connectivity index (χ0n) is 14.0. The van der Waals surface area contributed by atoms with E-state index in [9.17, 15) is 14.4 Å². The number of carbonyl (C=O) groups is 3. The molecule has 0 aliphatic carbocycles. The molecule has 0 aromatic heterocycles. The van der Waals surface area contributed by atoms with Gasteiger partial charge < -0.3 is 4.74 Å². The van der Waals surface area contributed by atoms with Crippen LogP contribution in [0.15, 0.2) is 54.6 Å². The quantitative estimate of drug-likeness (QED) is 0.480. The maximum absolute atomic E-state index is 11.8. The molecule has 0 radical (unpaired) electrons. The topological polar surface area (TPSA) is 84.5 Å². The van der Waals surface area contributed by atoms with E-state index in [1.165, 1.54) is 18.2 Å². The van der Waals surface area contributed by atoms with Gasteiger partial charge in [-0.25, -0.2) is 4.79 Å². The molecular weight excluding hydrogens is 356 g/mol. The molecule has 0 aliphatic heterocycles. The highest BCUT2D eigenvalue weighted by atomic mass is 35.5. The third kappa shape index (κ3) is 6.07. The Kier molecular flexibility index (Phi) is 6.93. The number of amides is 2. The van der Waals surface area contributed by atoms with E-state index in [0.29, 0.717) is 10.6 Å². The second-order valence-electron chi connectivity index (χ2n) is 5.31. The lowest BCUT2D eigenvalue weighted by Gasteiger charge is -2.07. The van der Waals surface area contributed by atoms with Crippen LogP contribution in [0.2, 0.25) is 5.02 Å². The zero-order chi connectivity index (χ0) is 18.9. The van der Waals surface area contributed by atoms with Crippen LogP contribution >= 0.6 is 11.6 Å². The van der Waals surface area contributed by atoms with Crippen molar-refractivity contribution < 1.29 is 19.1 Å². The molecule has 0 saturated carbocycles. The van der Waals surface area contributed by atoms with Crippen molar-refractivity contribution in [2.45, 2.75) is 6.92 Å². The lowest BCUT2D eigenvalue weighted by atomic mass is 10.1. The molecule has 0 spiro atoms. The molecule has 6 nitrogen and oxygen atoms in total. The van der Waals surface area contributed by atoms with Gasteiger partial charge in [-0.1, -0.05) is 35.9 Å². The van der Waals surface area contributed by atoms with Gasteiger partial charge in [-0.05, 0) is 48.4 Å². The number of esters is 1. The van der Waals surface area contributed by atoms with E-state index in [0.717, 1.165) is 11.1 Å². The van der Waals surface area contributed by atoms with Crippen LogP contribution in [0.3, 0.4) is 0 Å². The summed E-state index contributed by atoms with van der Waals surface area (Å²) in [5.74, 6) is -1.84. The van der Waals surface area contributed by atoms with Gasteiger partial charge in [0.2, 0.25) is 0 Å².